The Morgan fingerprint density at radius 3 is 2.54 bits per heavy atom. The lowest BCUT2D eigenvalue weighted by Crippen LogP contribution is -2.25. The van der Waals surface area contributed by atoms with Crippen molar-refractivity contribution in [3.05, 3.63) is 95.6 Å². The molecule has 6 rings (SSSR count). The van der Waals surface area contributed by atoms with Gasteiger partial charge in [-0.3, -0.25) is 9.98 Å². The van der Waals surface area contributed by atoms with E-state index >= 15 is 0 Å². The van der Waals surface area contributed by atoms with E-state index in [1.807, 2.05) is 60.8 Å². The van der Waals surface area contributed by atoms with Crippen LogP contribution in [0.3, 0.4) is 0 Å². The number of nitrogens with one attached hydrogen (secondary N) is 1. The van der Waals surface area contributed by atoms with Crippen molar-refractivity contribution in [3.63, 3.8) is 0 Å². The van der Waals surface area contributed by atoms with Gasteiger partial charge in [-0.25, -0.2) is 4.98 Å². The number of rotatable bonds is 5. The van der Waals surface area contributed by atoms with Gasteiger partial charge in [-0.2, -0.15) is 0 Å². The lowest BCUT2D eigenvalue weighted by atomic mass is 9.93. The molecule has 1 fully saturated rings. The van der Waals surface area contributed by atoms with Crippen LogP contribution in [0.4, 0.5) is 11.4 Å². The number of halogens is 1. The van der Waals surface area contributed by atoms with Crippen molar-refractivity contribution in [2.24, 2.45) is 4.99 Å². The number of ether oxygens (including phenoxy) is 1. The molecule has 1 aliphatic heterocycles. The molecule has 1 aromatic heterocycles. The summed E-state index contributed by atoms with van der Waals surface area (Å²) in [6.45, 7) is 0. The molecule has 186 valence electrons. The molecule has 0 amide bonds. The molecular weight excluding hydrogens is 482 g/mol. The molecule has 37 heavy (non-hydrogen) atoms. The van der Waals surface area contributed by atoms with Crippen molar-refractivity contribution in [3.8, 4) is 17.1 Å². The van der Waals surface area contributed by atoms with Crippen molar-refractivity contribution < 1.29 is 4.74 Å². The zero-order chi connectivity index (χ0) is 25.2. The fraction of sp³-hybridized carbons (Fsp3) is 0.233. The first-order valence-electron chi connectivity index (χ1n) is 12.6. The van der Waals surface area contributed by atoms with Crippen LogP contribution in [0.5, 0.6) is 0 Å². The monoisotopic (exact) mass is 509 g/mol. The van der Waals surface area contributed by atoms with E-state index in [2.05, 4.69) is 33.1 Å². The van der Waals surface area contributed by atoms with Gasteiger partial charge >= 0.3 is 0 Å². The largest absolute Gasteiger partial charge is 0.381 e. The predicted octanol–water partition coefficient (Wildman–Crippen LogP) is 6.78. The molecule has 3 aromatic rings. The molecule has 2 aromatic carbocycles. The molecule has 6 nitrogen and oxygen atoms in total. The van der Waals surface area contributed by atoms with E-state index < -0.39 is 0 Å². The molecule has 0 atom stereocenters. The SMILES string of the molecule is COC1CCC(/N=c2\cc3n(-c4ccc(Cl)cc4)c4ccccc4nc-3cc2Nc2cccnc2)CC1. The number of aromatic nitrogens is 3. The topological polar surface area (TPSA) is 64.3 Å². The minimum atomic E-state index is 0.246. The summed E-state index contributed by atoms with van der Waals surface area (Å²) in [7, 11) is 1.80. The van der Waals surface area contributed by atoms with Gasteiger partial charge in [0.25, 0.3) is 0 Å². The highest BCUT2D eigenvalue weighted by atomic mass is 35.5. The Morgan fingerprint density at radius 2 is 1.78 bits per heavy atom. The second kappa shape index (κ2) is 10.3. The summed E-state index contributed by atoms with van der Waals surface area (Å²) in [4.78, 5) is 14.6. The summed E-state index contributed by atoms with van der Waals surface area (Å²) in [5.41, 5.74) is 6.65. The average molecular weight is 510 g/mol. The molecule has 7 heteroatoms. The van der Waals surface area contributed by atoms with Crippen molar-refractivity contribution in [2.45, 2.75) is 37.8 Å². The number of anilines is 2. The van der Waals surface area contributed by atoms with Gasteiger partial charge < -0.3 is 14.6 Å². The smallest absolute Gasteiger partial charge is 0.0900 e. The van der Waals surface area contributed by atoms with E-state index in [0.717, 1.165) is 70.5 Å². The van der Waals surface area contributed by atoms with E-state index in [-0.39, 0.29) is 6.04 Å². The third-order valence-electron chi connectivity index (χ3n) is 7.02. The van der Waals surface area contributed by atoms with Crippen molar-refractivity contribution in [1.82, 2.24) is 14.5 Å². The highest BCUT2D eigenvalue weighted by Crippen LogP contribution is 2.31. The van der Waals surface area contributed by atoms with Gasteiger partial charge in [-0.05, 0) is 86.3 Å². The van der Waals surface area contributed by atoms with E-state index in [4.69, 9.17) is 26.3 Å². The minimum absolute atomic E-state index is 0.246. The Bertz CT molecular complexity index is 1560. The average Bonchev–Trinajstić information content (AvgIpc) is 2.94. The molecule has 0 spiro atoms. The fourth-order valence-electron chi connectivity index (χ4n) is 5.12. The standard InChI is InChI=1S/C30H28ClN5O/c1-37-24-14-10-21(11-15-24)33-27-18-30-28(17-26(27)34-22-5-4-16-32-19-22)35-25-6-2-3-7-29(25)36(30)23-12-8-20(31)9-13-23/h2-9,12-13,16-19,21,24,34H,10-11,14-15H2,1H3/b33-27+. The van der Waals surface area contributed by atoms with Crippen LogP contribution in [0.15, 0.2) is 90.2 Å². The molecule has 0 radical (unpaired) electrons. The van der Waals surface area contributed by atoms with Gasteiger partial charge in [0, 0.05) is 24.0 Å². The third kappa shape index (κ3) is 4.95. The van der Waals surface area contributed by atoms with E-state index in [1.165, 1.54) is 0 Å². The summed E-state index contributed by atoms with van der Waals surface area (Å²) in [5.74, 6) is 0. The molecular formula is C30H28ClN5O. The van der Waals surface area contributed by atoms with Crippen LogP contribution in [0.1, 0.15) is 25.7 Å². The summed E-state index contributed by atoms with van der Waals surface area (Å²) in [5, 5.41) is 5.16. The van der Waals surface area contributed by atoms with Gasteiger partial charge in [0.15, 0.2) is 0 Å². The lowest BCUT2D eigenvalue weighted by molar-refractivity contribution is 0.0663. The first-order valence-corrected chi connectivity index (χ1v) is 13.0. The second-order valence-corrected chi connectivity index (χ2v) is 9.87. The number of benzene rings is 3. The molecule has 1 N–H and O–H groups in total. The van der Waals surface area contributed by atoms with Gasteiger partial charge in [0.2, 0.25) is 0 Å². The van der Waals surface area contributed by atoms with Crippen LogP contribution in [0, 0.1) is 0 Å². The number of nitrogens with zero attached hydrogens (tertiary/aromatic N) is 4. The Balaban J connectivity index is 1.57. The minimum Gasteiger partial charge on any atom is -0.381 e. The summed E-state index contributed by atoms with van der Waals surface area (Å²) >= 11 is 6.23. The number of methoxy groups -OCH3 is 1. The lowest BCUT2D eigenvalue weighted by Gasteiger charge is -2.25. The number of pyridine rings is 1. The quantitative estimate of drug-likeness (QED) is 0.265. The van der Waals surface area contributed by atoms with Crippen LogP contribution in [-0.2, 0) is 4.74 Å². The zero-order valence-electron chi connectivity index (χ0n) is 20.6. The molecule has 0 unspecified atom stereocenters. The van der Waals surface area contributed by atoms with E-state index in [1.54, 1.807) is 13.3 Å². The summed E-state index contributed by atoms with van der Waals surface area (Å²) in [6.07, 6.45) is 8.00. The van der Waals surface area contributed by atoms with Gasteiger partial charge in [0.05, 0.1) is 57.5 Å². The van der Waals surface area contributed by atoms with Crippen molar-refractivity contribution in [1.29, 1.82) is 0 Å². The Labute approximate surface area is 221 Å². The maximum atomic E-state index is 6.23. The fourth-order valence-corrected chi connectivity index (χ4v) is 5.24. The van der Waals surface area contributed by atoms with Crippen LogP contribution >= 0.6 is 11.6 Å². The Morgan fingerprint density at radius 1 is 0.973 bits per heavy atom. The molecule has 1 saturated carbocycles. The van der Waals surface area contributed by atoms with Gasteiger partial charge in [-0.1, -0.05) is 23.7 Å². The number of hydrogen-bond donors (Lipinski definition) is 1. The van der Waals surface area contributed by atoms with E-state index in [0.29, 0.717) is 11.1 Å². The molecule has 2 heterocycles. The Hall–Kier alpha value is -3.74. The van der Waals surface area contributed by atoms with Crippen LogP contribution in [0.2, 0.25) is 5.02 Å². The van der Waals surface area contributed by atoms with Crippen LogP contribution in [0.25, 0.3) is 28.1 Å². The molecule has 2 aliphatic carbocycles. The maximum Gasteiger partial charge on any atom is 0.0900 e. The highest BCUT2D eigenvalue weighted by Gasteiger charge is 2.21. The first-order chi connectivity index (χ1) is 18.2. The molecule has 3 aliphatic rings. The normalized spacial score (nSPS) is 18.4. The van der Waals surface area contributed by atoms with Crippen molar-refractivity contribution in [2.75, 3.05) is 12.4 Å². The molecule has 0 saturated heterocycles. The zero-order valence-corrected chi connectivity index (χ0v) is 21.4. The van der Waals surface area contributed by atoms with Gasteiger partial charge in [-0.15, -0.1) is 0 Å². The number of fused-ring (bicyclic) bond motifs is 2. The van der Waals surface area contributed by atoms with Crippen LogP contribution in [-0.4, -0.2) is 33.8 Å². The number of hydrogen-bond acceptors (Lipinski definition) is 5. The first kappa shape index (κ1) is 23.6. The third-order valence-corrected chi connectivity index (χ3v) is 7.27. The van der Waals surface area contributed by atoms with Crippen molar-refractivity contribution >= 4 is 34.0 Å². The summed E-state index contributed by atoms with van der Waals surface area (Å²) in [6, 6.07) is 24.6. The van der Waals surface area contributed by atoms with Crippen LogP contribution < -0.4 is 10.7 Å². The second-order valence-electron chi connectivity index (χ2n) is 9.43. The predicted molar refractivity (Wildman–Crippen MR) is 149 cm³/mol. The van der Waals surface area contributed by atoms with E-state index in [9.17, 15) is 0 Å². The van der Waals surface area contributed by atoms with Gasteiger partial charge in [0.1, 0.15) is 0 Å². The number of para-hydroxylation sites is 2. The molecule has 0 bridgehead atoms. The maximum absolute atomic E-state index is 6.23. The summed E-state index contributed by atoms with van der Waals surface area (Å²) < 4.78 is 7.82. The Kier molecular flexibility index (Phi) is 6.60. The highest BCUT2D eigenvalue weighted by molar-refractivity contribution is 6.30.